The molecule has 1 spiro atoms. The average molecular weight is 316 g/mol. The Labute approximate surface area is 136 Å². The third kappa shape index (κ3) is 3.55. The molecule has 0 radical (unpaired) electrons. The van der Waals surface area contributed by atoms with Gasteiger partial charge in [0.2, 0.25) is 5.91 Å². The molecule has 2 fully saturated rings. The molecule has 1 aromatic rings. The van der Waals surface area contributed by atoms with Crippen molar-refractivity contribution in [3.05, 3.63) is 29.8 Å². The molecule has 1 aliphatic carbocycles. The van der Waals surface area contributed by atoms with Gasteiger partial charge < -0.3 is 15.4 Å². The molecule has 1 aromatic carbocycles. The van der Waals surface area contributed by atoms with Crippen molar-refractivity contribution >= 4 is 17.6 Å². The Bertz CT molecular complexity index is 576. The number of hydrogen-bond acceptors (Lipinski definition) is 4. The molecule has 1 saturated carbocycles. The van der Waals surface area contributed by atoms with Gasteiger partial charge in [-0.15, -0.1) is 0 Å². The summed E-state index contributed by atoms with van der Waals surface area (Å²) in [4.78, 5) is 24.1. The van der Waals surface area contributed by atoms with Crippen LogP contribution in [0.5, 0.6) is 0 Å². The molecule has 2 aliphatic rings. The number of esters is 1. The SMILES string of the molecule is CCCOC(=O)c1ccc(NC(=O)[C@H]2CC23CCNCC3)cc1. The van der Waals surface area contributed by atoms with Gasteiger partial charge in [-0.25, -0.2) is 4.79 Å². The number of carbonyl (C=O) groups excluding carboxylic acids is 2. The summed E-state index contributed by atoms with van der Waals surface area (Å²) in [5.74, 6) is -0.0763. The van der Waals surface area contributed by atoms with Crippen LogP contribution in [0.3, 0.4) is 0 Å². The third-order valence-corrected chi connectivity index (χ3v) is 4.93. The Balaban J connectivity index is 1.54. The van der Waals surface area contributed by atoms with Crippen LogP contribution < -0.4 is 10.6 Å². The smallest absolute Gasteiger partial charge is 0.338 e. The molecule has 0 unspecified atom stereocenters. The first-order valence-electron chi connectivity index (χ1n) is 8.43. The maximum absolute atomic E-state index is 12.4. The second-order valence-corrected chi connectivity index (χ2v) is 6.57. The summed E-state index contributed by atoms with van der Waals surface area (Å²) in [6, 6.07) is 6.91. The molecule has 5 nitrogen and oxygen atoms in total. The van der Waals surface area contributed by atoms with E-state index in [2.05, 4.69) is 10.6 Å². The lowest BCUT2D eigenvalue weighted by Gasteiger charge is -2.23. The minimum absolute atomic E-state index is 0.105. The van der Waals surface area contributed by atoms with E-state index in [9.17, 15) is 9.59 Å². The van der Waals surface area contributed by atoms with Crippen LogP contribution in [0.2, 0.25) is 0 Å². The zero-order valence-corrected chi connectivity index (χ0v) is 13.6. The normalized spacial score (nSPS) is 21.7. The lowest BCUT2D eigenvalue weighted by atomic mass is 9.92. The molecule has 124 valence electrons. The van der Waals surface area contributed by atoms with Crippen molar-refractivity contribution in [3.8, 4) is 0 Å². The standard InChI is InChI=1S/C18H24N2O3/c1-2-11-23-17(22)13-3-5-14(6-4-13)20-16(21)15-12-18(15)7-9-19-10-8-18/h3-6,15,19H,2,7-12H2,1H3,(H,20,21)/t15-/m1/s1. The number of anilines is 1. The fraction of sp³-hybridized carbons (Fsp3) is 0.556. The Kier molecular flexibility index (Phi) is 4.66. The molecule has 2 N–H and O–H groups in total. The molecule has 23 heavy (non-hydrogen) atoms. The molecule has 1 aliphatic heterocycles. The molecule has 0 aromatic heterocycles. The maximum atomic E-state index is 12.4. The van der Waals surface area contributed by atoms with E-state index in [1.54, 1.807) is 24.3 Å². The van der Waals surface area contributed by atoms with Crippen LogP contribution in [0.1, 0.15) is 43.0 Å². The van der Waals surface area contributed by atoms with Crippen molar-refractivity contribution in [1.29, 1.82) is 0 Å². The van der Waals surface area contributed by atoms with Gasteiger partial charge in [-0.2, -0.15) is 0 Å². The van der Waals surface area contributed by atoms with Crippen LogP contribution in [0.4, 0.5) is 5.69 Å². The van der Waals surface area contributed by atoms with Gasteiger partial charge in [0, 0.05) is 11.6 Å². The van der Waals surface area contributed by atoms with Gasteiger partial charge in [-0.3, -0.25) is 4.79 Å². The van der Waals surface area contributed by atoms with Gasteiger partial charge in [-0.05, 0) is 68.5 Å². The van der Waals surface area contributed by atoms with Crippen molar-refractivity contribution in [1.82, 2.24) is 5.32 Å². The predicted octanol–water partition coefficient (Wildman–Crippen LogP) is 2.58. The van der Waals surface area contributed by atoms with E-state index in [4.69, 9.17) is 4.74 Å². The number of carbonyl (C=O) groups is 2. The van der Waals surface area contributed by atoms with E-state index in [0.717, 1.165) is 44.5 Å². The van der Waals surface area contributed by atoms with Gasteiger partial charge in [0.15, 0.2) is 0 Å². The van der Waals surface area contributed by atoms with Crippen LogP contribution in [0.15, 0.2) is 24.3 Å². The van der Waals surface area contributed by atoms with Gasteiger partial charge in [0.1, 0.15) is 0 Å². The predicted molar refractivity (Wildman–Crippen MR) is 88.3 cm³/mol. The van der Waals surface area contributed by atoms with E-state index in [1.807, 2.05) is 6.92 Å². The largest absolute Gasteiger partial charge is 0.462 e. The van der Waals surface area contributed by atoms with Crippen LogP contribution in [-0.2, 0) is 9.53 Å². The third-order valence-electron chi connectivity index (χ3n) is 4.93. The fourth-order valence-electron chi connectivity index (χ4n) is 3.39. The molecule has 5 heteroatoms. The topological polar surface area (TPSA) is 67.4 Å². The first kappa shape index (κ1) is 16.0. The Morgan fingerprint density at radius 3 is 2.61 bits per heavy atom. The number of hydrogen-bond donors (Lipinski definition) is 2. The molecule has 1 saturated heterocycles. The average Bonchev–Trinajstić information content (AvgIpc) is 3.27. The lowest BCUT2D eigenvalue weighted by molar-refractivity contribution is -0.118. The van der Waals surface area contributed by atoms with Gasteiger partial charge >= 0.3 is 5.97 Å². The maximum Gasteiger partial charge on any atom is 0.338 e. The number of ether oxygens (including phenoxy) is 1. The van der Waals surface area contributed by atoms with E-state index >= 15 is 0 Å². The van der Waals surface area contributed by atoms with Crippen LogP contribution in [-0.4, -0.2) is 31.6 Å². The summed E-state index contributed by atoms with van der Waals surface area (Å²) in [6.07, 6.45) is 3.99. The summed E-state index contributed by atoms with van der Waals surface area (Å²) in [7, 11) is 0. The van der Waals surface area contributed by atoms with Crippen molar-refractivity contribution < 1.29 is 14.3 Å². The highest BCUT2D eigenvalue weighted by molar-refractivity contribution is 5.96. The van der Waals surface area contributed by atoms with Crippen LogP contribution in [0, 0.1) is 11.3 Å². The first-order chi connectivity index (χ1) is 11.1. The van der Waals surface area contributed by atoms with Crippen molar-refractivity contribution in [3.63, 3.8) is 0 Å². The van der Waals surface area contributed by atoms with E-state index in [-0.39, 0.29) is 23.2 Å². The zero-order valence-electron chi connectivity index (χ0n) is 13.6. The Hall–Kier alpha value is -1.88. The minimum atomic E-state index is -0.319. The van der Waals surface area contributed by atoms with E-state index in [1.165, 1.54) is 0 Å². The number of amides is 1. The number of nitrogens with one attached hydrogen (secondary N) is 2. The lowest BCUT2D eigenvalue weighted by Crippen LogP contribution is -2.31. The second-order valence-electron chi connectivity index (χ2n) is 6.57. The highest BCUT2D eigenvalue weighted by Gasteiger charge is 2.57. The van der Waals surface area contributed by atoms with E-state index < -0.39 is 0 Å². The Morgan fingerprint density at radius 1 is 1.26 bits per heavy atom. The van der Waals surface area contributed by atoms with Crippen molar-refractivity contribution in [2.24, 2.45) is 11.3 Å². The summed E-state index contributed by atoms with van der Waals surface area (Å²) >= 11 is 0. The molecular formula is C18H24N2O3. The van der Waals surface area contributed by atoms with Gasteiger partial charge in [-0.1, -0.05) is 6.92 Å². The van der Waals surface area contributed by atoms with Gasteiger partial charge in [0.25, 0.3) is 0 Å². The highest BCUT2D eigenvalue weighted by Crippen LogP contribution is 2.58. The monoisotopic (exact) mass is 316 g/mol. The molecule has 1 amide bonds. The van der Waals surface area contributed by atoms with Gasteiger partial charge in [0.05, 0.1) is 12.2 Å². The number of piperidine rings is 1. The molecule has 3 rings (SSSR count). The highest BCUT2D eigenvalue weighted by atomic mass is 16.5. The minimum Gasteiger partial charge on any atom is -0.462 e. The first-order valence-corrected chi connectivity index (χ1v) is 8.43. The Morgan fingerprint density at radius 2 is 1.96 bits per heavy atom. The second kappa shape index (κ2) is 6.71. The van der Waals surface area contributed by atoms with E-state index in [0.29, 0.717) is 12.2 Å². The molecule has 1 atom stereocenters. The number of benzene rings is 1. The quantitative estimate of drug-likeness (QED) is 0.819. The number of rotatable bonds is 5. The summed E-state index contributed by atoms with van der Waals surface area (Å²) in [5.41, 5.74) is 1.48. The molecule has 0 bridgehead atoms. The van der Waals surface area contributed by atoms with Crippen molar-refractivity contribution in [2.45, 2.75) is 32.6 Å². The fourth-order valence-corrected chi connectivity index (χ4v) is 3.39. The summed E-state index contributed by atoms with van der Waals surface area (Å²) in [5, 5.41) is 6.32. The zero-order chi connectivity index (χ0) is 16.3. The van der Waals surface area contributed by atoms with Crippen molar-refractivity contribution in [2.75, 3.05) is 25.0 Å². The summed E-state index contributed by atoms with van der Waals surface area (Å²) < 4.78 is 5.09. The van der Waals surface area contributed by atoms with Crippen LogP contribution in [0.25, 0.3) is 0 Å². The molecule has 1 heterocycles. The summed E-state index contributed by atoms with van der Waals surface area (Å²) in [6.45, 7) is 4.41. The molecular weight excluding hydrogens is 292 g/mol. The van der Waals surface area contributed by atoms with Crippen LogP contribution >= 0.6 is 0 Å².